The van der Waals surface area contributed by atoms with Gasteiger partial charge in [0, 0.05) is 18.7 Å². The monoisotopic (exact) mass is 282 g/mol. The summed E-state index contributed by atoms with van der Waals surface area (Å²) in [7, 11) is 0. The third kappa shape index (κ3) is 5.55. The third-order valence-corrected chi connectivity index (χ3v) is 2.28. The first-order valence-corrected chi connectivity index (χ1v) is 6.07. The van der Waals surface area contributed by atoms with Gasteiger partial charge in [0.05, 0.1) is 0 Å². The van der Waals surface area contributed by atoms with Crippen molar-refractivity contribution in [1.29, 1.82) is 0 Å². The lowest BCUT2D eigenvalue weighted by atomic mass is 10.1. The van der Waals surface area contributed by atoms with Crippen molar-refractivity contribution in [2.24, 2.45) is 0 Å². The van der Waals surface area contributed by atoms with Crippen LogP contribution in [0.4, 0.5) is 4.79 Å². The molecule has 0 aromatic carbocycles. The van der Waals surface area contributed by atoms with E-state index in [1.807, 2.05) is 0 Å². The quantitative estimate of drug-likeness (QED) is 0.760. The topological polar surface area (TPSA) is 108 Å². The normalized spacial score (nSPS) is 12.6. The highest BCUT2D eigenvalue weighted by molar-refractivity contribution is 5.80. The van der Waals surface area contributed by atoms with Gasteiger partial charge in [0.2, 0.25) is 5.56 Å². The molecule has 7 nitrogen and oxygen atoms in total. The summed E-state index contributed by atoms with van der Waals surface area (Å²) in [6.45, 7) is 5.05. The van der Waals surface area contributed by atoms with Crippen LogP contribution in [0.3, 0.4) is 0 Å². The number of alkyl carbamates (subject to hydrolysis) is 1. The number of amides is 1. The average Bonchev–Trinajstić information content (AvgIpc) is 2.28. The number of carbonyl (C=O) groups excluding carboxylic acids is 1. The van der Waals surface area contributed by atoms with E-state index in [0.717, 1.165) is 0 Å². The Morgan fingerprint density at radius 3 is 2.50 bits per heavy atom. The Bertz CT molecular complexity index is 524. The molecule has 1 aromatic heterocycles. The summed E-state index contributed by atoms with van der Waals surface area (Å²) in [5, 5.41) is 11.4. The van der Waals surface area contributed by atoms with E-state index in [4.69, 9.17) is 9.84 Å². The van der Waals surface area contributed by atoms with Crippen LogP contribution in [0.1, 0.15) is 26.3 Å². The number of aromatic nitrogens is 1. The van der Waals surface area contributed by atoms with E-state index in [2.05, 4.69) is 10.3 Å². The molecule has 0 bridgehead atoms. The van der Waals surface area contributed by atoms with Crippen molar-refractivity contribution >= 4 is 12.1 Å². The van der Waals surface area contributed by atoms with Gasteiger partial charge in [-0.05, 0) is 26.3 Å². The lowest BCUT2D eigenvalue weighted by molar-refractivity contribution is -0.139. The predicted molar refractivity (Wildman–Crippen MR) is 71.6 cm³/mol. The van der Waals surface area contributed by atoms with Crippen molar-refractivity contribution < 1.29 is 19.4 Å². The number of ether oxygens (including phenoxy) is 1. The molecular weight excluding hydrogens is 264 g/mol. The highest BCUT2D eigenvalue weighted by Gasteiger charge is 2.24. The van der Waals surface area contributed by atoms with Crippen LogP contribution in [-0.4, -0.2) is 33.8 Å². The number of carbonyl (C=O) groups is 2. The summed E-state index contributed by atoms with van der Waals surface area (Å²) in [5.41, 5.74) is -0.390. The van der Waals surface area contributed by atoms with Crippen LogP contribution in [-0.2, 0) is 16.0 Å². The Morgan fingerprint density at radius 1 is 1.40 bits per heavy atom. The zero-order valence-electron chi connectivity index (χ0n) is 11.6. The maximum atomic E-state index is 11.6. The summed E-state index contributed by atoms with van der Waals surface area (Å²) in [6.07, 6.45) is 0.662. The molecule has 0 aliphatic rings. The van der Waals surface area contributed by atoms with Crippen LogP contribution in [0, 0.1) is 0 Å². The van der Waals surface area contributed by atoms with E-state index in [0.29, 0.717) is 5.56 Å². The second kappa shape index (κ2) is 6.23. The van der Waals surface area contributed by atoms with Crippen molar-refractivity contribution in [3.8, 4) is 0 Å². The SMILES string of the molecule is CC(C)(C)OC(=O)N[C@H](Cc1ccc(=O)[nH]c1)C(=O)O. The summed E-state index contributed by atoms with van der Waals surface area (Å²) < 4.78 is 5.00. The number of hydrogen-bond acceptors (Lipinski definition) is 4. The standard InChI is InChI=1S/C13H18N2O5/c1-13(2,3)20-12(19)15-9(11(17)18)6-8-4-5-10(16)14-7-8/h4-5,7,9H,6H2,1-3H3,(H,14,16)(H,15,19)(H,17,18)/t9-/m1/s1. The molecule has 1 aromatic rings. The van der Waals surface area contributed by atoms with Gasteiger partial charge in [-0.3, -0.25) is 4.79 Å². The second-order valence-corrected chi connectivity index (χ2v) is 5.30. The Labute approximate surface area is 116 Å². The van der Waals surface area contributed by atoms with Crippen molar-refractivity contribution in [2.45, 2.75) is 38.8 Å². The Balaban J connectivity index is 2.70. The van der Waals surface area contributed by atoms with Gasteiger partial charge in [-0.25, -0.2) is 9.59 Å². The molecule has 0 spiro atoms. The zero-order valence-corrected chi connectivity index (χ0v) is 11.6. The molecule has 3 N–H and O–H groups in total. The Kier molecular flexibility index (Phi) is 4.90. The number of carboxylic acids is 1. The van der Waals surface area contributed by atoms with E-state index < -0.39 is 23.7 Å². The third-order valence-electron chi connectivity index (χ3n) is 2.28. The maximum Gasteiger partial charge on any atom is 0.408 e. The fourth-order valence-electron chi connectivity index (χ4n) is 1.46. The van der Waals surface area contributed by atoms with Crippen molar-refractivity contribution in [3.05, 3.63) is 34.2 Å². The van der Waals surface area contributed by atoms with E-state index in [9.17, 15) is 14.4 Å². The molecule has 0 saturated carbocycles. The number of hydrogen-bond donors (Lipinski definition) is 3. The smallest absolute Gasteiger partial charge is 0.408 e. The van der Waals surface area contributed by atoms with Crippen molar-refractivity contribution in [1.82, 2.24) is 10.3 Å². The first-order valence-electron chi connectivity index (χ1n) is 6.07. The molecule has 1 rings (SSSR count). The van der Waals surface area contributed by atoms with Crippen molar-refractivity contribution in [3.63, 3.8) is 0 Å². The van der Waals surface area contributed by atoms with Crippen LogP contribution < -0.4 is 10.9 Å². The number of carboxylic acid groups (broad SMARTS) is 1. The molecule has 0 aliphatic heterocycles. The summed E-state index contributed by atoms with van der Waals surface area (Å²) in [5.74, 6) is -1.18. The Morgan fingerprint density at radius 2 is 2.05 bits per heavy atom. The average molecular weight is 282 g/mol. The largest absolute Gasteiger partial charge is 0.480 e. The highest BCUT2D eigenvalue weighted by atomic mass is 16.6. The number of aromatic amines is 1. The number of rotatable bonds is 4. The molecule has 1 amide bonds. The molecule has 110 valence electrons. The summed E-state index contributed by atoms with van der Waals surface area (Å²) in [4.78, 5) is 36.1. The van der Waals surface area contributed by atoms with Gasteiger partial charge in [-0.15, -0.1) is 0 Å². The van der Waals surface area contributed by atoms with Gasteiger partial charge in [-0.2, -0.15) is 0 Å². The van der Waals surface area contributed by atoms with Crippen LogP contribution in [0.25, 0.3) is 0 Å². The van der Waals surface area contributed by atoms with Gasteiger partial charge in [0.15, 0.2) is 0 Å². The second-order valence-electron chi connectivity index (χ2n) is 5.30. The fraction of sp³-hybridized carbons (Fsp3) is 0.462. The summed E-state index contributed by atoms with van der Waals surface area (Å²) in [6, 6.07) is 1.67. The summed E-state index contributed by atoms with van der Waals surface area (Å²) >= 11 is 0. The molecule has 0 unspecified atom stereocenters. The van der Waals surface area contributed by atoms with E-state index in [1.54, 1.807) is 20.8 Å². The van der Waals surface area contributed by atoms with Crippen LogP contribution >= 0.6 is 0 Å². The Hall–Kier alpha value is -2.31. The van der Waals surface area contributed by atoms with E-state index in [-0.39, 0.29) is 12.0 Å². The lowest BCUT2D eigenvalue weighted by Gasteiger charge is -2.22. The minimum atomic E-state index is -1.18. The first-order chi connectivity index (χ1) is 9.17. The van der Waals surface area contributed by atoms with Crippen molar-refractivity contribution in [2.75, 3.05) is 0 Å². The highest BCUT2D eigenvalue weighted by Crippen LogP contribution is 2.08. The minimum Gasteiger partial charge on any atom is -0.480 e. The molecule has 0 aliphatic carbocycles. The zero-order chi connectivity index (χ0) is 15.3. The lowest BCUT2D eigenvalue weighted by Crippen LogP contribution is -2.44. The number of H-pyrrole nitrogens is 1. The van der Waals surface area contributed by atoms with Gasteiger partial charge >= 0.3 is 12.1 Å². The number of aliphatic carboxylic acids is 1. The molecule has 7 heteroatoms. The predicted octanol–water partition coefficient (Wildman–Crippen LogP) is 0.895. The molecule has 20 heavy (non-hydrogen) atoms. The molecular formula is C13H18N2O5. The minimum absolute atomic E-state index is 0.0470. The van der Waals surface area contributed by atoms with E-state index in [1.165, 1.54) is 18.3 Å². The van der Waals surface area contributed by atoms with Gasteiger partial charge in [-0.1, -0.05) is 6.07 Å². The number of nitrogens with one attached hydrogen (secondary N) is 2. The fourth-order valence-corrected chi connectivity index (χ4v) is 1.46. The van der Waals surface area contributed by atoms with Gasteiger partial charge in [0.1, 0.15) is 11.6 Å². The van der Waals surface area contributed by atoms with E-state index >= 15 is 0 Å². The van der Waals surface area contributed by atoms with Gasteiger partial charge < -0.3 is 20.1 Å². The molecule has 0 radical (unpaired) electrons. The molecule has 0 fully saturated rings. The van der Waals surface area contributed by atoms with Crippen LogP contribution in [0.5, 0.6) is 0 Å². The number of pyridine rings is 1. The first kappa shape index (κ1) is 15.7. The molecule has 0 saturated heterocycles. The molecule has 1 heterocycles. The maximum absolute atomic E-state index is 11.6. The van der Waals surface area contributed by atoms with Gasteiger partial charge in [0.25, 0.3) is 0 Å². The molecule has 1 atom stereocenters. The van der Waals surface area contributed by atoms with Crippen LogP contribution in [0.2, 0.25) is 0 Å². The van der Waals surface area contributed by atoms with Crippen LogP contribution in [0.15, 0.2) is 23.1 Å².